The van der Waals surface area contributed by atoms with Crippen LogP contribution in [0.4, 0.5) is 5.13 Å². The second kappa shape index (κ2) is 5.32. The first kappa shape index (κ1) is 14.4. The van der Waals surface area contributed by atoms with Crippen LogP contribution in [-0.2, 0) is 13.8 Å². The highest BCUT2D eigenvalue weighted by molar-refractivity contribution is 8.14. The molecular weight excluding hydrogens is 336 g/mol. The zero-order valence-electron chi connectivity index (χ0n) is 10.5. The average molecular weight is 345 g/mol. The number of pyridine rings is 1. The summed E-state index contributed by atoms with van der Waals surface area (Å²) in [4.78, 5) is 17.1. The van der Waals surface area contributed by atoms with E-state index in [9.17, 15) is 13.2 Å². The summed E-state index contributed by atoms with van der Waals surface area (Å²) >= 11 is 1.22. The van der Waals surface area contributed by atoms with Crippen LogP contribution < -0.4 is 4.90 Å². The molecular formula is C11H9ClN4O3S2. The summed E-state index contributed by atoms with van der Waals surface area (Å²) in [6.07, 6.45) is 3.14. The van der Waals surface area contributed by atoms with Gasteiger partial charge in [-0.1, -0.05) is 11.3 Å². The number of anilines is 1. The lowest BCUT2D eigenvalue weighted by atomic mass is 10.3. The SMILES string of the molecule is O=C1CC(S(=O)(=O)Cl)CN1c1nnc(-c2ccncc2)s1. The Morgan fingerprint density at radius 1 is 1.29 bits per heavy atom. The molecule has 110 valence electrons. The molecule has 0 saturated carbocycles. The van der Waals surface area contributed by atoms with Crippen LogP contribution >= 0.6 is 22.0 Å². The lowest BCUT2D eigenvalue weighted by molar-refractivity contribution is -0.117. The summed E-state index contributed by atoms with van der Waals surface area (Å²) in [5.41, 5.74) is 0.835. The highest BCUT2D eigenvalue weighted by Gasteiger charge is 2.39. The maximum atomic E-state index is 11.9. The lowest BCUT2D eigenvalue weighted by Gasteiger charge is -2.10. The molecule has 0 bridgehead atoms. The zero-order valence-corrected chi connectivity index (χ0v) is 12.9. The molecule has 1 amide bonds. The first-order chi connectivity index (χ1) is 9.95. The van der Waals surface area contributed by atoms with Crippen LogP contribution in [0.2, 0.25) is 0 Å². The maximum absolute atomic E-state index is 11.9. The topological polar surface area (TPSA) is 93.1 Å². The standard InChI is InChI=1S/C11H9ClN4O3S2/c12-21(18,19)8-5-9(17)16(6-8)11-15-14-10(20-11)7-1-3-13-4-2-7/h1-4,8H,5-6H2. The molecule has 1 aliphatic heterocycles. The van der Waals surface area contributed by atoms with Crippen molar-refractivity contribution in [2.75, 3.05) is 11.4 Å². The van der Waals surface area contributed by atoms with Crippen molar-refractivity contribution in [3.8, 4) is 10.6 Å². The largest absolute Gasteiger partial charge is 0.285 e. The molecule has 2 aromatic heterocycles. The van der Waals surface area contributed by atoms with Crippen molar-refractivity contribution in [3.63, 3.8) is 0 Å². The van der Waals surface area contributed by atoms with Gasteiger partial charge in [0.15, 0.2) is 0 Å². The number of rotatable bonds is 3. The molecule has 0 spiro atoms. The number of aromatic nitrogens is 3. The molecule has 7 nitrogen and oxygen atoms in total. The van der Waals surface area contributed by atoms with Crippen molar-refractivity contribution in [2.45, 2.75) is 11.7 Å². The van der Waals surface area contributed by atoms with Gasteiger partial charge in [-0.05, 0) is 12.1 Å². The van der Waals surface area contributed by atoms with Gasteiger partial charge < -0.3 is 0 Å². The predicted octanol–water partition coefficient (Wildman–Crippen LogP) is 1.27. The minimum absolute atomic E-state index is 0.00957. The number of hydrogen-bond donors (Lipinski definition) is 0. The maximum Gasteiger partial charge on any atom is 0.237 e. The minimum Gasteiger partial charge on any atom is -0.285 e. The molecule has 1 unspecified atom stereocenters. The van der Waals surface area contributed by atoms with Gasteiger partial charge in [-0.3, -0.25) is 14.7 Å². The molecule has 1 aliphatic rings. The molecule has 1 atom stereocenters. The summed E-state index contributed by atoms with van der Waals surface area (Å²) in [6, 6.07) is 3.56. The molecule has 0 aromatic carbocycles. The second-order valence-electron chi connectivity index (χ2n) is 4.43. The molecule has 21 heavy (non-hydrogen) atoms. The summed E-state index contributed by atoms with van der Waals surface area (Å²) < 4.78 is 22.7. The van der Waals surface area contributed by atoms with Gasteiger partial charge in [0.05, 0.1) is 0 Å². The van der Waals surface area contributed by atoms with E-state index in [0.717, 1.165) is 5.56 Å². The summed E-state index contributed by atoms with van der Waals surface area (Å²) in [7, 11) is 1.55. The number of carbonyl (C=O) groups is 1. The van der Waals surface area contributed by atoms with E-state index < -0.39 is 14.3 Å². The van der Waals surface area contributed by atoms with Gasteiger partial charge in [-0.15, -0.1) is 10.2 Å². The molecule has 1 saturated heterocycles. The Morgan fingerprint density at radius 3 is 2.62 bits per heavy atom. The van der Waals surface area contributed by atoms with Crippen LogP contribution in [-0.4, -0.2) is 41.3 Å². The van der Waals surface area contributed by atoms with E-state index in [4.69, 9.17) is 10.7 Å². The van der Waals surface area contributed by atoms with Gasteiger partial charge in [0.1, 0.15) is 10.3 Å². The molecule has 3 heterocycles. The quantitative estimate of drug-likeness (QED) is 0.778. The normalized spacial score (nSPS) is 19.2. The molecule has 0 N–H and O–H groups in total. The number of amides is 1. The Labute approximate surface area is 129 Å². The summed E-state index contributed by atoms with van der Waals surface area (Å²) in [5.74, 6) is -0.318. The van der Waals surface area contributed by atoms with Gasteiger partial charge in [0.2, 0.25) is 20.1 Å². The molecule has 2 aromatic rings. The Kier molecular flexibility index (Phi) is 3.64. The van der Waals surface area contributed by atoms with Crippen molar-refractivity contribution >= 4 is 42.1 Å². The number of halogens is 1. The summed E-state index contributed by atoms with van der Waals surface area (Å²) in [5, 5.41) is 8.08. The fourth-order valence-electron chi connectivity index (χ4n) is 1.98. The Morgan fingerprint density at radius 2 is 2.00 bits per heavy atom. The van der Waals surface area contributed by atoms with Gasteiger partial charge in [-0.25, -0.2) is 8.42 Å². The van der Waals surface area contributed by atoms with Crippen LogP contribution in [0.15, 0.2) is 24.5 Å². The third kappa shape index (κ3) is 2.89. The van der Waals surface area contributed by atoms with Crippen molar-refractivity contribution in [3.05, 3.63) is 24.5 Å². The molecule has 1 fully saturated rings. The summed E-state index contributed by atoms with van der Waals surface area (Å²) in [6.45, 7) is 0.00957. The predicted molar refractivity (Wildman–Crippen MR) is 78.7 cm³/mol. The van der Waals surface area contributed by atoms with E-state index in [2.05, 4.69) is 15.2 Å². The highest BCUT2D eigenvalue weighted by atomic mass is 35.7. The third-order valence-electron chi connectivity index (χ3n) is 3.06. The number of carbonyl (C=O) groups excluding carboxylic acids is 1. The average Bonchev–Trinajstić information content (AvgIpc) is 3.05. The van der Waals surface area contributed by atoms with Crippen molar-refractivity contribution in [1.82, 2.24) is 15.2 Å². The lowest BCUT2D eigenvalue weighted by Crippen LogP contribution is -2.26. The minimum atomic E-state index is -3.76. The number of hydrogen-bond acceptors (Lipinski definition) is 7. The smallest absolute Gasteiger partial charge is 0.237 e. The van der Waals surface area contributed by atoms with Crippen molar-refractivity contribution in [1.29, 1.82) is 0 Å². The van der Waals surface area contributed by atoms with Crippen LogP contribution in [0.1, 0.15) is 6.42 Å². The van der Waals surface area contributed by atoms with E-state index in [0.29, 0.717) is 10.1 Å². The van der Waals surface area contributed by atoms with Gasteiger partial charge in [-0.2, -0.15) is 0 Å². The van der Waals surface area contributed by atoms with Crippen molar-refractivity contribution < 1.29 is 13.2 Å². The first-order valence-electron chi connectivity index (χ1n) is 5.93. The second-order valence-corrected chi connectivity index (χ2v) is 8.30. The molecule has 10 heteroatoms. The fraction of sp³-hybridized carbons (Fsp3) is 0.273. The van der Waals surface area contributed by atoms with Crippen LogP contribution in [0.3, 0.4) is 0 Å². The van der Waals surface area contributed by atoms with E-state index in [1.54, 1.807) is 24.5 Å². The highest BCUT2D eigenvalue weighted by Crippen LogP contribution is 2.32. The van der Waals surface area contributed by atoms with E-state index >= 15 is 0 Å². The molecule has 0 radical (unpaired) electrons. The van der Waals surface area contributed by atoms with E-state index in [-0.39, 0.29) is 18.9 Å². The molecule has 3 rings (SSSR count). The zero-order chi connectivity index (χ0) is 15.0. The molecule has 0 aliphatic carbocycles. The van der Waals surface area contributed by atoms with Crippen LogP contribution in [0, 0.1) is 0 Å². The van der Waals surface area contributed by atoms with Gasteiger partial charge in [0.25, 0.3) is 0 Å². The van der Waals surface area contributed by atoms with Crippen LogP contribution in [0.25, 0.3) is 10.6 Å². The van der Waals surface area contributed by atoms with Gasteiger partial charge in [0, 0.05) is 41.6 Å². The van der Waals surface area contributed by atoms with E-state index in [1.165, 1.54) is 16.2 Å². The van der Waals surface area contributed by atoms with Crippen molar-refractivity contribution in [2.24, 2.45) is 0 Å². The Balaban J connectivity index is 1.86. The first-order valence-corrected chi connectivity index (χ1v) is 9.12. The Bertz CT molecular complexity index is 778. The van der Waals surface area contributed by atoms with Gasteiger partial charge >= 0.3 is 0 Å². The van der Waals surface area contributed by atoms with E-state index in [1.807, 2.05) is 0 Å². The number of nitrogens with zero attached hydrogens (tertiary/aromatic N) is 4. The fourth-order valence-corrected chi connectivity index (χ4v) is 3.89. The monoisotopic (exact) mass is 344 g/mol. The Hall–Kier alpha value is -1.58. The third-order valence-corrected chi connectivity index (χ3v) is 5.92. The van der Waals surface area contributed by atoms with Crippen LogP contribution in [0.5, 0.6) is 0 Å².